The Bertz CT molecular complexity index is 845. The van der Waals surface area contributed by atoms with Gasteiger partial charge in [-0.2, -0.15) is 0 Å². The van der Waals surface area contributed by atoms with E-state index < -0.39 is 0 Å². The summed E-state index contributed by atoms with van der Waals surface area (Å²) in [6, 6.07) is 6.40. The first-order chi connectivity index (χ1) is 14.0. The minimum absolute atomic E-state index is 0.0846. The number of benzene rings is 1. The predicted octanol–water partition coefficient (Wildman–Crippen LogP) is 2.05. The second kappa shape index (κ2) is 7.92. The SMILES string of the molecule is CCN(CC)C(=O)[C@@H]1C=C2c3cccc4c3C(C[C@H]2N(C)C1)C(=O)N4CCCN. The lowest BCUT2D eigenvalue weighted by molar-refractivity contribution is -0.134. The highest BCUT2D eigenvalue weighted by Crippen LogP contribution is 2.51. The second-order valence-electron chi connectivity index (χ2n) is 8.35. The van der Waals surface area contributed by atoms with Crippen LogP contribution in [0.25, 0.3) is 5.57 Å². The fourth-order valence-corrected chi connectivity index (χ4v) is 5.31. The minimum atomic E-state index is -0.135. The number of hydrogen-bond donors (Lipinski definition) is 1. The van der Waals surface area contributed by atoms with Crippen molar-refractivity contribution in [1.82, 2.24) is 9.80 Å². The summed E-state index contributed by atoms with van der Waals surface area (Å²) in [6.45, 7) is 7.48. The number of rotatable bonds is 6. The van der Waals surface area contributed by atoms with Crippen LogP contribution in [0, 0.1) is 5.92 Å². The van der Waals surface area contributed by atoms with Gasteiger partial charge in [0.1, 0.15) is 0 Å². The smallest absolute Gasteiger partial charge is 0.234 e. The summed E-state index contributed by atoms with van der Waals surface area (Å²) in [5.41, 5.74) is 10.2. The Kier molecular flexibility index (Phi) is 5.49. The number of hydrogen-bond acceptors (Lipinski definition) is 4. The Morgan fingerprint density at radius 3 is 2.72 bits per heavy atom. The Balaban J connectivity index is 1.75. The molecule has 1 aromatic carbocycles. The number of amides is 2. The average Bonchev–Trinajstić information content (AvgIpc) is 3.00. The molecular weight excluding hydrogens is 364 g/mol. The van der Waals surface area contributed by atoms with E-state index in [-0.39, 0.29) is 29.7 Å². The van der Waals surface area contributed by atoms with Crippen LogP contribution in [0.1, 0.15) is 43.7 Å². The van der Waals surface area contributed by atoms with Gasteiger partial charge in [-0.05, 0) is 63.0 Å². The van der Waals surface area contributed by atoms with Crippen LogP contribution in [0.2, 0.25) is 0 Å². The number of carbonyl (C=O) groups is 2. The molecule has 3 atom stereocenters. The molecule has 1 aromatic rings. The first kappa shape index (κ1) is 20.1. The molecular formula is C23H32N4O2. The van der Waals surface area contributed by atoms with Gasteiger partial charge in [-0.3, -0.25) is 14.5 Å². The van der Waals surface area contributed by atoms with Gasteiger partial charge in [-0.1, -0.05) is 18.2 Å². The topological polar surface area (TPSA) is 69.9 Å². The normalized spacial score (nSPS) is 25.5. The van der Waals surface area contributed by atoms with E-state index in [0.29, 0.717) is 19.6 Å². The third-order valence-electron chi connectivity index (χ3n) is 6.79. The summed E-state index contributed by atoms with van der Waals surface area (Å²) < 4.78 is 0. The van der Waals surface area contributed by atoms with E-state index >= 15 is 0 Å². The fraction of sp³-hybridized carbons (Fsp3) is 0.565. The molecule has 2 N–H and O–H groups in total. The summed E-state index contributed by atoms with van der Waals surface area (Å²) in [5.74, 6) is 0.181. The number of nitrogens with two attached hydrogens (primary N) is 1. The van der Waals surface area contributed by atoms with Crippen LogP contribution >= 0.6 is 0 Å². The molecule has 0 radical (unpaired) electrons. The Morgan fingerprint density at radius 1 is 1.28 bits per heavy atom. The van der Waals surface area contributed by atoms with Crippen molar-refractivity contribution in [2.24, 2.45) is 11.7 Å². The lowest BCUT2D eigenvalue weighted by atomic mass is 9.74. The maximum atomic E-state index is 13.2. The summed E-state index contributed by atoms with van der Waals surface area (Å²) in [6.07, 6.45) is 3.77. The predicted molar refractivity (Wildman–Crippen MR) is 116 cm³/mol. The molecule has 6 heteroatoms. The number of likely N-dealkylation sites (N-methyl/N-ethyl adjacent to an activating group) is 1. The van der Waals surface area contributed by atoms with Crippen LogP contribution in [0.4, 0.5) is 5.69 Å². The van der Waals surface area contributed by atoms with Crippen LogP contribution in [0.15, 0.2) is 24.3 Å². The van der Waals surface area contributed by atoms with E-state index in [4.69, 9.17) is 5.73 Å². The van der Waals surface area contributed by atoms with Crippen molar-refractivity contribution in [2.45, 2.75) is 38.6 Å². The summed E-state index contributed by atoms with van der Waals surface area (Å²) in [7, 11) is 2.08. The molecule has 0 bridgehead atoms. The summed E-state index contributed by atoms with van der Waals surface area (Å²) >= 11 is 0. The molecule has 0 fully saturated rings. The number of anilines is 1. The van der Waals surface area contributed by atoms with Gasteiger partial charge in [0.05, 0.1) is 11.8 Å². The molecule has 1 aliphatic carbocycles. The monoisotopic (exact) mass is 396 g/mol. The first-order valence-corrected chi connectivity index (χ1v) is 10.9. The van der Waals surface area contributed by atoms with Crippen molar-refractivity contribution in [3.63, 3.8) is 0 Å². The third-order valence-corrected chi connectivity index (χ3v) is 6.79. The summed E-state index contributed by atoms with van der Waals surface area (Å²) in [4.78, 5) is 32.3. The average molecular weight is 397 g/mol. The molecule has 6 nitrogen and oxygen atoms in total. The highest BCUT2D eigenvalue weighted by atomic mass is 16.2. The highest BCUT2D eigenvalue weighted by Gasteiger charge is 2.46. The second-order valence-corrected chi connectivity index (χ2v) is 8.35. The van der Waals surface area contributed by atoms with Gasteiger partial charge in [0.25, 0.3) is 0 Å². The van der Waals surface area contributed by atoms with Crippen molar-refractivity contribution < 1.29 is 9.59 Å². The van der Waals surface area contributed by atoms with E-state index in [2.05, 4.69) is 30.2 Å². The number of nitrogens with zero attached hydrogens (tertiary/aromatic N) is 3. The molecule has 29 heavy (non-hydrogen) atoms. The van der Waals surface area contributed by atoms with Gasteiger partial charge in [0, 0.05) is 37.9 Å². The zero-order valence-electron chi connectivity index (χ0n) is 17.7. The fourth-order valence-electron chi connectivity index (χ4n) is 5.31. The molecule has 1 unspecified atom stereocenters. The van der Waals surface area contributed by atoms with Gasteiger partial charge >= 0.3 is 0 Å². The molecule has 0 spiro atoms. The summed E-state index contributed by atoms with van der Waals surface area (Å²) in [5, 5.41) is 0. The van der Waals surface area contributed by atoms with Gasteiger partial charge in [-0.25, -0.2) is 0 Å². The molecule has 3 aliphatic rings. The van der Waals surface area contributed by atoms with E-state index in [9.17, 15) is 9.59 Å². The van der Waals surface area contributed by atoms with E-state index in [0.717, 1.165) is 42.7 Å². The van der Waals surface area contributed by atoms with Crippen LogP contribution < -0.4 is 10.6 Å². The van der Waals surface area contributed by atoms with Crippen molar-refractivity contribution in [2.75, 3.05) is 44.7 Å². The van der Waals surface area contributed by atoms with Crippen molar-refractivity contribution in [3.8, 4) is 0 Å². The first-order valence-electron chi connectivity index (χ1n) is 10.9. The third kappa shape index (κ3) is 3.19. The molecule has 0 aromatic heterocycles. The van der Waals surface area contributed by atoms with Crippen molar-refractivity contribution in [3.05, 3.63) is 35.4 Å². The van der Waals surface area contributed by atoms with E-state index in [1.165, 1.54) is 5.57 Å². The zero-order chi connectivity index (χ0) is 20.7. The standard InChI is InChI=1S/C23H32N4O2/c1-4-26(5-2)22(28)15-12-17-16-8-6-9-19-21(16)18(13-20(17)25(3)14-15)23(29)27(19)11-7-10-24/h6,8-9,12,15,18,20H,4-5,7,10-11,13-14,24H2,1-3H3/t15-,18?,20-/m1/s1. The lowest BCUT2D eigenvalue weighted by Crippen LogP contribution is -2.48. The molecule has 2 heterocycles. The van der Waals surface area contributed by atoms with E-state index in [1.807, 2.05) is 29.7 Å². The molecule has 0 saturated heterocycles. The molecule has 2 aliphatic heterocycles. The van der Waals surface area contributed by atoms with Gasteiger partial charge < -0.3 is 15.5 Å². The van der Waals surface area contributed by atoms with Crippen LogP contribution in [0.5, 0.6) is 0 Å². The van der Waals surface area contributed by atoms with Crippen LogP contribution in [-0.4, -0.2) is 67.4 Å². The quantitative estimate of drug-likeness (QED) is 0.799. The maximum absolute atomic E-state index is 13.2. The largest absolute Gasteiger partial charge is 0.343 e. The zero-order valence-corrected chi connectivity index (χ0v) is 17.7. The number of carbonyl (C=O) groups excluding carboxylic acids is 2. The number of fused-ring (bicyclic) bond motifs is 2. The Hall–Kier alpha value is -2.18. The van der Waals surface area contributed by atoms with Gasteiger partial charge in [-0.15, -0.1) is 0 Å². The van der Waals surface area contributed by atoms with Gasteiger partial charge in [0.2, 0.25) is 11.8 Å². The van der Waals surface area contributed by atoms with Gasteiger partial charge in [0.15, 0.2) is 0 Å². The molecule has 4 rings (SSSR count). The maximum Gasteiger partial charge on any atom is 0.234 e. The Labute approximate surface area is 173 Å². The van der Waals surface area contributed by atoms with Crippen LogP contribution in [-0.2, 0) is 9.59 Å². The molecule has 2 amide bonds. The molecule has 0 saturated carbocycles. The van der Waals surface area contributed by atoms with Crippen molar-refractivity contribution in [1.29, 1.82) is 0 Å². The Morgan fingerprint density at radius 2 is 2.03 bits per heavy atom. The van der Waals surface area contributed by atoms with Crippen LogP contribution in [0.3, 0.4) is 0 Å². The van der Waals surface area contributed by atoms with E-state index in [1.54, 1.807) is 0 Å². The molecule has 156 valence electrons. The van der Waals surface area contributed by atoms with Crippen molar-refractivity contribution >= 4 is 23.1 Å². The lowest BCUT2D eigenvalue weighted by Gasteiger charge is -2.42. The minimum Gasteiger partial charge on any atom is -0.343 e. The highest BCUT2D eigenvalue weighted by molar-refractivity contribution is 6.08.